The van der Waals surface area contributed by atoms with Gasteiger partial charge in [-0.05, 0) is 99.4 Å². The van der Waals surface area contributed by atoms with Gasteiger partial charge in [0.2, 0.25) is 5.89 Å². The summed E-state index contributed by atoms with van der Waals surface area (Å²) >= 11 is 0. The third-order valence-electron chi connectivity index (χ3n) is 6.76. The molecule has 36 heavy (non-hydrogen) atoms. The lowest BCUT2D eigenvalue weighted by atomic mass is 10.0. The van der Waals surface area contributed by atoms with Crippen LogP contribution in [0.1, 0.15) is 87.5 Å². The summed E-state index contributed by atoms with van der Waals surface area (Å²) in [6, 6.07) is 13.9. The van der Waals surface area contributed by atoms with Crippen molar-refractivity contribution in [3.63, 3.8) is 0 Å². The fourth-order valence-corrected chi connectivity index (χ4v) is 4.67. The number of hydrogen-bond donors (Lipinski definition) is 0. The zero-order valence-electron chi connectivity index (χ0n) is 22.0. The minimum Gasteiger partial charge on any atom is -0.490 e. The Morgan fingerprint density at radius 1 is 1.06 bits per heavy atom. The molecule has 6 nitrogen and oxygen atoms in total. The summed E-state index contributed by atoms with van der Waals surface area (Å²) in [5.41, 5.74) is 3.99. The van der Waals surface area contributed by atoms with Crippen molar-refractivity contribution in [3.8, 4) is 23.0 Å². The van der Waals surface area contributed by atoms with E-state index in [4.69, 9.17) is 23.6 Å². The monoisotopic (exact) mass is 491 g/mol. The minimum atomic E-state index is -0.311. The average Bonchev–Trinajstić information content (AvgIpc) is 3.54. The van der Waals surface area contributed by atoms with E-state index in [2.05, 4.69) is 13.8 Å². The zero-order valence-corrected chi connectivity index (χ0v) is 22.0. The third kappa shape index (κ3) is 6.28. The summed E-state index contributed by atoms with van der Waals surface area (Å²) in [7, 11) is 1.41. The molecule has 0 bridgehead atoms. The van der Waals surface area contributed by atoms with Crippen LogP contribution in [0.2, 0.25) is 0 Å². The molecule has 0 saturated heterocycles. The molecule has 1 heterocycles. The van der Waals surface area contributed by atoms with E-state index < -0.39 is 0 Å². The highest BCUT2D eigenvalue weighted by Crippen LogP contribution is 2.34. The van der Waals surface area contributed by atoms with Gasteiger partial charge in [0.25, 0.3) is 0 Å². The van der Waals surface area contributed by atoms with Crippen molar-refractivity contribution in [1.29, 1.82) is 0 Å². The normalized spacial score (nSPS) is 14.7. The first-order valence-electron chi connectivity index (χ1n) is 12.9. The molecule has 1 saturated carbocycles. The Hall–Kier alpha value is -3.28. The second-order valence-corrected chi connectivity index (χ2v) is 9.90. The van der Waals surface area contributed by atoms with Crippen molar-refractivity contribution in [1.82, 2.24) is 4.98 Å². The number of aromatic nitrogens is 1. The van der Waals surface area contributed by atoms with Gasteiger partial charge in [0.1, 0.15) is 11.5 Å². The number of rotatable bonds is 10. The molecule has 0 amide bonds. The molecule has 1 aliphatic rings. The molecule has 0 aliphatic heterocycles. The highest BCUT2D eigenvalue weighted by Gasteiger charge is 2.24. The number of benzene rings is 2. The van der Waals surface area contributed by atoms with Crippen LogP contribution in [0, 0.1) is 6.92 Å². The smallest absolute Gasteiger partial charge is 0.305 e. The van der Waals surface area contributed by atoms with Crippen molar-refractivity contribution in [2.75, 3.05) is 7.11 Å². The predicted octanol–water partition coefficient (Wildman–Crippen LogP) is 7.34. The molecule has 1 fully saturated rings. The number of methoxy groups -OCH3 is 1. The second-order valence-electron chi connectivity index (χ2n) is 9.90. The Balaban J connectivity index is 1.47. The van der Waals surface area contributed by atoms with Crippen molar-refractivity contribution < 1.29 is 23.4 Å². The molecule has 0 N–H and O–H groups in total. The van der Waals surface area contributed by atoms with Crippen LogP contribution in [-0.2, 0) is 16.0 Å². The van der Waals surface area contributed by atoms with Gasteiger partial charge in [-0.2, -0.15) is 0 Å². The lowest BCUT2D eigenvalue weighted by molar-refractivity contribution is -0.140. The number of aryl methyl sites for hydroxylation is 2. The van der Waals surface area contributed by atoms with Gasteiger partial charge in [0, 0.05) is 12.0 Å². The maximum atomic E-state index is 11.5. The highest BCUT2D eigenvalue weighted by molar-refractivity contribution is 5.69. The maximum Gasteiger partial charge on any atom is 0.305 e. The van der Waals surface area contributed by atoms with Crippen LogP contribution in [0.5, 0.6) is 11.5 Å². The number of oxazole rings is 1. The van der Waals surface area contributed by atoms with Crippen LogP contribution in [0.15, 0.2) is 46.9 Å². The SMILES string of the molecule is COC(=O)CCc1ccc(OC(C)c2oc(-c3ccc(OC4CCCC4)cc3)nc2C(C)C)cc1C. The first-order chi connectivity index (χ1) is 17.3. The van der Waals surface area contributed by atoms with Gasteiger partial charge in [-0.1, -0.05) is 19.9 Å². The molecule has 0 spiro atoms. The van der Waals surface area contributed by atoms with Gasteiger partial charge in [-0.25, -0.2) is 4.98 Å². The van der Waals surface area contributed by atoms with Gasteiger partial charge in [-0.15, -0.1) is 0 Å². The second kappa shape index (κ2) is 11.6. The van der Waals surface area contributed by atoms with Crippen LogP contribution >= 0.6 is 0 Å². The quantitative estimate of drug-likeness (QED) is 0.276. The molecular weight excluding hydrogens is 454 g/mol. The van der Waals surface area contributed by atoms with Crippen LogP contribution in [0.3, 0.4) is 0 Å². The standard InChI is InChI=1S/C30H37NO5/c1-19(2)28-29(21(4)34-26-16-10-22(20(3)18-26)13-17-27(32)33-5)36-30(31-28)23-11-14-25(15-12-23)35-24-8-6-7-9-24/h10-12,14-16,18-19,21,24H,6-9,13,17H2,1-5H3. The lowest BCUT2D eigenvalue weighted by Crippen LogP contribution is -2.10. The van der Waals surface area contributed by atoms with Crippen LogP contribution in [0.25, 0.3) is 11.5 Å². The lowest BCUT2D eigenvalue weighted by Gasteiger charge is -2.16. The minimum absolute atomic E-state index is 0.191. The summed E-state index contributed by atoms with van der Waals surface area (Å²) in [4.78, 5) is 16.3. The number of nitrogens with zero attached hydrogens (tertiary/aromatic N) is 1. The average molecular weight is 492 g/mol. The number of hydrogen-bond acceptors (Lipinski definition) is 6. The van der Waals surface area contributed by atoms with Gasteiger partial charge in [-0.3, -0.25) is 4.79 Å². The van der Waals surface area contributed by atoms with Crippen molar-refractivity contribution >= 4 is 5.97 Å². The number of carbonyl (C=O) groups excluding carboxylic acids is 1. The van der Waals surface area contributed by atoms with Gasteiger partial charge in [0.15, 0.2) is 11.9 Å². The molecule has 4 rings (SSSR count). The Morgan fingerprint density at radius 3 is 2.39 bits per heavy atom. The van der Waals surface area contributed by atoms with Gasteiger partial charge >= 0.3 is 5.97 Å². The first-order valence-corrected chi connectivity index (χ1v) is 12.9. The van der Waals surface area contributed by atoms with Gasteiger partial charge in [0.05, 0.1) is 18.9 Å². The highest BCUT2D eigenvalue weighted by atomic mass is 16.5. The van der Waals surface area contributed by atoms with Crippen LogP contribution in [0.4, 0.5) is 0 Å². The predicted molar refractivity (Wildman–Crippen MR) is 139 cm³/mol. The first kappa shape index (κ1) is 25.8. The molecule has 2 aromatic carbocycles. The van der Waals surface area contributed by atoms with Gasteiger partial charge < -0.3 is 18.6 Å². The van der Waals surface area contributed by atoms with Crippen LogP contribution in [-0.4, -0.2) is 24.2 Å². The Kier molecular flexibility index (Phi) is 8.34. The summed E-state index contributed by atoms with van der Waals surface area (Å²) in [5, 5.41) is 0. The fraction of sp³-hybridized carbons (Fsp3) is 0.467. The summed E-state index contributed by atoms with van der Waals surface area (Å²) < 4.78 is 23.4. The molecule has 1 aromatic heterocycles. The Bertz CT molecular complexity index is 1160. The molecule has 1 unspecified atom stereocenters. The summed E-state index contributed by atoms with van der Waals surface area (Å²) in [6.07, 6.45) is 5.79. The Morgan fingerprint density at radius 2 is 1.75 bits per heavy atom. The largest absolute Gasteiger partial charge is 0.490 e. The fourth-order valence-electron chi connectivity index (χ4n) is 4.67. The zero-order chi connectivity index (χ0) is 25.7. The molecule has 1 atom stereocenters. The molecule has 1 aliphatic carbocycles. The Labute approximate surface area is 214 Å². The molecular formula is C30H37NO5. The molecule has 192 valence electrons. The van der Waals surface area contributed by atoms with E-state index in [1.807, 2.05) is 56.3 Å². The van der Waals surface area contributed by atoms with Crippen molar-refractivity contribution in [3.05, 3.63) is 65.0 Å². The maximum absolute atomic E-state index is 11.5. The van der Waals surface area contributed by atoms with Crippen LogP contribution < -0.4 is 9.47 Å². The van der Waals surface area contributed by atoms with E-state index in [0.717, 1.165) is 52.5 Å². The number of esters is 1. The van der Waals surface area contributed by atoms with E-state index in [9.17, 15) is 4.79 Å². The van der Waals surface area contributed by atoms with Crippen molar-refractivity contribution in [2.24, 2.45) is 0 Å². The number of carbonyl (C=O) groups is 1. The molecule has 6 heteroatoms. The number of ether oxygens (including phenoxy) is 3. The van der Waals surface area contributed by atoms with E-state index in [1.54, 1.807) is 0 Å². The molecule has 0 radical (unpaired) electrons. The summed E-state index contributed by atoms with van der Waals surface area (Å²) in [5.74, 6) is 2.95. The van der Waals surface area contributed by atoms with Crippen molar-refractivity contribution in [2.45, 2.75) is 84.3 Å². The van der Waals surface area contributed by atoms with E-state index in [0.29, 0.717) is 24.8 Å². The van der Waals surface area contributed by atoms with E-state index >= 15 is 0 Å². The van der Waals surface area contributed by atoms with E-state index in [1.165, 1.54) is 20.0 Å². The summed E-state index contributed by atoms with van der Waals surface area (Å²) in [6.45, 7) is 8.22. The third-order valence-corrected chi connectivity index (χ3v) is 6.76. The topological polar surface area (TPSA) is 70.8 Å². The molecule has 3 aromatic rings. The van der Waals surface area contributed by atoms with E-state index in [-0.39, 0.29) is 18.0 Å².